The number of para-hydroxylation sites is 1. The molecule has 0 aliphatic rings. The molecule has 1 aromatic heterocycles. The van der Waals surface area contributed by atoms with Gasteiger partial charge in [0.2, 0.25) is 0 Å². The first-order chi connectivity index (χ1) is 14.7. The lowest BCUT2D eigenvalue weighted by atomic mass is 10.1. The Balaban J connectivity index is 1.80. The Kier molecular flexibility index (Phi) is 5.75. The van der Waals surface area contributed by atoms with E-state index in [1.807, 2.05) is 97.1 Å². The Morgan fingerprint density at radius 2 is 1.50 bits per heavy atom. The highest BCUT2D eigenvalue weighted by molar-refractivity contribution is 6.25. The Hall–Kier alpha value is -4.06. The molecule has 0 aliphatic heterocycles. The van der Waals surface area contributed by atoms with Gasteiger partial charge in [-0.1, -0.05) is 78.9 Å². The van der Waals surface area contributed by atoms with Gasteiger partial charge in [-0.15, -0.1) is 5.10 Å². The smallest absolute Gasteiger partial charge is 0.277 e. The molecular formula is C24H21N5O. The molecule has 0 N–H and O–H groups in total. The summed E-state index contributed by atoms with van der Waals surface area (Å²) in [7, 11) is 0. The van der Waals surface area contributed by atoms with Crippen LogP contribution in [0.2, 0.25) is 0 Å². The lowest BCUT2D eigenvalue weighted by Crippen LogP contribution is -2.33. The van der Waals surface area contributed by atoms with Crippen molar-refractivity contribution in [1.29, 1.82) is 0 Å². The molecule has 4 aromatic rings. The van der Waals surface area contributed by atoms with E-state index in [0.717, 1.165) is 16.8 Å². The molecule has 0 saturated heterocycles. The molecule has 0 unspecified atom stereocenters. The number of aryl methyl sites for hydroxylation is 1. The van der Waals surface area contributed by atoms with Gasteiger partial charge in [-0.05, 0) is 46.7 Å². The van der Waals surface area contributed by atoms with Gasteiger partial charge in [-0.25, -0.2) is 0 Å². The van der Waals surface area contributed by atoms with Crippen molar-refractivity contribution in [3.8, 4) is 0 Å². The average Bonchev–Trinajstić information content (AvgIpc) is 3.23. The molecular weight excluding hydrogens is 374 g/mol. The van der Waals surface area contributed by atoms with Crippen LogP contribution in [0.1, 0.15) is 17.0 Å². The summed E-state index contributed by atoms with van der Waals surface area (Å²) < 4.78 is 1.48. The minimum absolute atomic E-state index is 0.190. The number of benzene rings is 3. The van der Waals surface area contributed by atoms with Crippen LogP contribution in [-0.4, -0.2) is 26.1 Å². The number of carbonyl (C=O) groups is 1. The van der Waals surface area contributed by atoms with E-state index in [0.29, 0.717) is 18.1 Å². The maximum Gasteiger partial charge on any atom is 0.277 e. The van der Waals surface area contributed by atoms with Crippen molar-refractivity contribution < 1.29 is 4.79 Å². The minimum atomic E-state index is -0.190. The topological polar surface area (TPSA) is 63.9 Å². The predicted molar refractivity (Wildman–Crippen MR) is 117 cm³/mol. The maximum atomic E-state index is 13.8. The molecule has 0 fully saturated rings. The summed E-state index contributed by atoms with van der Waals surface area (Å²) in [4.78, 5) is 15.6. The molecule has 0 radical (unpaired) electrons. The van der Waals surface area contributed by atoms with Gasteiger partial charge < -0.3 is 4.90 Å². The van der Waals surface area contributed by atoms with E-state index in [1.54, 1.807) is 11.8 Å². The summed E-state index contributed by atoms with van der Waals surface area (Å²) in [5, 5.41) is 11.8. The molecule has 0 saturated carbocycles. The van der Waals surface area contributed by atoms with Gasteiger partial charge in [-0.3, -0.25) is 4.79 Å². The second-order valence-electron chi connectivity index (χ2n) is 6.79. The van der Waals surface area contributed by atoms with Crippen molar-refractivity contribution in [2.75, 3.05) is 4.90 Å². The fourth-order valence-electron chi connectivity index (χ4n) is 3.17. The van der Waals surface area contributed by atoms with E-state index in [-0.39, 0.29) is 5.91 Å². The second-order valence-corrected chi connectivity index (χ2v) is 6.79. The summed E-state index contributed by atoms with van der Waals surface area (Å²) in [5.74, 6) is 0.350. The summed E-state index contributed by atoms with van der Waals surface area (Å²) in [5.41, 5.74) is 3.10. The summed E-state index contributed by atoms with van der Waals surface area (Å²) in [6, 6.07) is 29.2. The van der Waals surface area contributed by atoms with Crippen molar-refractivity contribution >= 4 is 23.4 Å². The number of anilines is 1. The molecule has 1 amide bonds. The van der Waals surface area contributed by atoms with Gasteiger partial charge in [0.15, 0.2) is 5.82 Å². The highest BCUT2D eigenvalue weighted by Crippen LogP contribution is 2.23. The van der Waals surface area contributed by atoms with Crippen LogP contribution < -0.4 is 4.90 Å². The first-order valence-corrected chi connectivity index (χ1v) is 9.65. The Labute approximate surface area is 175 Å². The fraction of sp³-hybridized carbons (Fsp3) is 0.0833. The quantitative estimate of drug-likeness (QED) is 0.459. The first-order valence-electron chi connectivity index (χ1n) is 9.65. The average molecular weight is 395 g/mol. The molecule has 30 heavy (non-hydrogen) atoms. The Bertz CT molecular complexity index is 1140. The molecule has 0 spiro atoms. The highest BCUT2D eigenvalue weighted by atomic mass is 16.2. The van der Waals surface area contributed by atoms with Crippen LogP contribution >= 0.6 is 0 Å². The predicted octanol–water partition coefficient (Wildman–Crippen LogP) is 4.21. The first kappa shape index (κ1) is 19.3. The Morgan fingerprint density at radius 3 is 2.10 bits per heavy atom. The van der Waals surface area contributed by atoms with Crippen LogP contribution in [0, 0.1) is 6.92 Å². The van der Waals surface area contributed by atoms with Crippen LogP contribution in [-0.2, 0) is 11.3 Å². The van der Waals surface area contributed by atoms with Crippen LogP contribution in [0.15, 0.2) is 91.0 Å². The van der Waals surface area contributed by atoms with E-state index in [9.17, 15) is 4.79 Å². The number of hydrogen-bond acceptors (Lipinski definition) is 4. The lowest BCUT2D eigenvalue weighted by Gasteiger charge is -2.24. The van der Waals surface area contributed by atoms with Crippen molar-refractivity contribution in [2.45, 2.75) is 13.5 Å². The molecule has 3 aromatic carbocycles. The van der Waals surface area contributed by atoms with E-state index >= 15 is 0 Å². The SMILES string of the molecule is Cc1nnnn1C(=Cc1ccccc1)C(=O)N(Cc1ccccc1)c1ccccc1. The standard InChI is InChI=1S/C24H21N5O/c1-19-25-26-27-29(19)23(17-20-11-5-2-6-12-20)24(30)28(22-15-9-4-10-16-22)18-21-13-7-3-8-14-21/h2-17H,18H2,1H3. The molecule has 0 bridgehead atoms. The fourth-order valence-corrected chi connectivity index (χ4v) is 3.17. The third-order valence-corrected chi connectivity index (χ3v) is 4.67. The zero-order chi connectivity index (χ0) is 20.8. The van der Waals surface area contributed by atoms with E-state index in [1.165, 1.54) is 4.68 Å². The van der Waals surface area contributed by atoms with Gasteiger partial charge in [-0.2, -0.15) is 4.68 Å². The van der Waals surface area contributed by atoms with E-state index in [2.05, 4.69) is 15.5 Å². The molecule has 0 aliphatic carbocycles. The third-order valence-electron chi connectivity index (χ3n) is 4.67. The van der Waals surface area contributed by atoms with E-state index in [4.69, 9.17) is 0 Å². The number of aromatic nitrogens is 4. The highest BCUT2D eigenvalue weighted by Gasteiger charge is 2.24. The minimum Gasteiger partial charge on any atom is -0.303 e. The second kappa shape index (κ2) is 8.96. The molecule has 6 heteroatoms. The monoisotopic (exact) mass is 395 g/mol. The number of nitrogens with zero attached hydrogens (tertiary/aromatic N) is 5. The van der Waals surface area contributed by atoms with Crippen molar-refractivity contribution in [3.05, 3.63) is 108 Å². The van der Waals surface area contributed by atoms with Gasteiger partial charge in [0.25, 0.3) is 5.91 Å². The number of tetrazole rings is 1. The van der Waals surface area contributed by atoms with Gasteiger partial charge in [0.1, 0.15) is 5.70 Å². The summed E-state index contributed by atoms with van der Waals surface area (Å²) >= 11 is 0. The zero-order valence-corrected chi connectivity index (χ0v) is 16.6. The Morgan fingerprint density at radius 1 is 0.900 bits per heavy atom. The van der Waals surface area contributed by atoms with E-state index < -0.39 is 0 Å². The number of rotatable bonds is 6. The number of amides is 1. The van der Waals surface area contributed by atoms with Gasteiger partial charge in [0.05, 0.1) is 6.54 Å². The maximum absolute atomic E-state index is 13.8. The lowest BCUT2D eigenvalue weighted by molar-refractivity contribution is -0.113. The van der Waals surface area contributed by atoms with Crippen molar-refractivity contribution in [3.63, 3.8) is 0 Å². The third kappa shape index (κ3) is 4.33. The molecule has 1 heterocycles. The normalized spacial score (nSPS) is 11.3. The largest absolute Gasteiger partial charge is 0.303 e. The summed E-state index contributed by atoms with van der Waals surface area (Å²) in [6.45, 7) is 2.20. The van der Waals surface area contributed by atoms with Gasteiger partial charge >= 0.3 is 0 Å². The molecule has 6 nitrogen and oxygen atoms in total. The van der Waals surface area contributed by atoms with Crippen molar-refractivity contribution in [1.82, 2.24) is 20.2 Å². The zero-order valence-electron chi connectivity index (χ0n) is 16.6. The molecule has 148 valence electrons. The van der Waals surface area contributed by atoms with Crippen LogP contribution in [0.4, 0.5) is 5.69 Å². The number of carbonyl (C=O) groups excluding carboxylic acids is 1. The number of hydrogen-bond donors (Lipinski definition) is 0. The van der Waals surface area contributed by atoms with Gasteiger partial charge in [0, 0.05) is 5.69 Å². The van der Waals surface area contributed by atoms with Crippen LogP contribution in [0.25, 0.3) is 11.8 Å². The van der Waals surface area contributed by atoms with Crippen LogP contribution in [0.3, 0.4) is 0 Å². The van der Waals surface area contributed by atoms with Crippen molar-refractivity contribution in [2.24, 2.45) is 0 Å². The molecule has 4 rings (SSSR count). The molecule has 0 atom stereocenters. The van der Waals surface area contributed by atoms with Crippen LogP contribution in [0.5, 0.6) is 0 Å². The summed E-state index contributed by atoms with van der Waals surface area (Å²) in [6.07, 6.45) is 1.81.